The van der Waals surface area contributed by atoms with Crippen molar-refractivity contribution < 1.29 is 9.84 Å². The van der Waals surface area contributed by atoms with Gasteiger partial charge in [-0.15, -0.1) is 12.4 Å². The first-order valence-corrected chi connectivity index (χ1v) is 7.09. The summed E-state index contributed by atoms with van der Waals surface area (Å²) in [5.41, 5.74) is 0. The van der Waals surface area contributed by atoms with Crippen LogP contribution < -0.4 is 4.74 Å². The molecule has 0 amide bonds. The monoisotopic (exact) mass is 320 g/mol. The number of benzene rings is 1. The molecule has 114 valence electrons. The summed E-state index contributed by atoms with van der Waals surface area (Å²) in [6.07, 6.45) is 0. The molecule has 1 aromatic rings. The minimum absolute atomic E-state index is 0. The molecular formula is C14H22Cl2N2O2. The predicted molar refractivity (Wildman–Crippen MR) is 84.2 cm³/mol. The van der Waals surface area contributed by atoms with Gasteiger partial charge in [0, 0.05) is 44.3 Å². The molecule has 20 heavy (non-hydrogen) atoms. The second kappa shape index (κ2) is 9.42. The average molecular weight is 321 g/mol. The average Bonchev–Trinajstić information content (AvgIpc) is 2.41. The van der Waals surface area contributed by atoms with Gasteiger partial charge >= 0.3 is 0 Å². The lowest BCUT2D eigenvalue weighted by atomic mass is 10.3. The number of halogens is 2. The van der Waals surface area contributed by atoms with Crippen molar-refractivity contribution in [1.82, 2.24) is 9.80 Å². The van der Waals surface area contributed by atoms with E-state index in [9.17, 15) is 0 Å². The third-order valence-corrected chi connectivity index (χ3v) is 3.59. The van der Waals surface area contributed by atoms with Gasteiger partial charge in [0.1, 0.15) is 12.4 Å². The van der Waals surface area contributed by atoms with E-state index in [2.05, 4.69) is 9.80 Å². The van der Waals surface area contributed by atoms with Crippen LogP contribution in [0.15, 0.2) is 24.3 Å². The van der Waals surface area contributed by atoms with E-state index in [0.717, 1.165) is 45.0 Å². The Balaban J connectivity index is 0.00000200. The highest BCUT2D eigenvalue weighted by Crippen LogP contribution is 2.16. The molecule has 4 nitrogen and oxygen atoms in total. The van der Waals surface area contributed by atoms with Crippen LogP contribution in [0.5, 0.6) is 5.75 Å². The van der Waals surface area contributed by atoms with Crippen molar-refractivity contribution in [3.8, 4) is 5.75 Å². The summed E-state index contributed by atoms with van der Waals surface area (Å²) in [5.74, 6) is 0.825. The zero-order chi connectivity index (χ0) is 13.5. The molecule has 1 saturated heterocycles. The van der Waals surface area contributed by atoms with E-state index >= 15 is 0 Å². The van der Waals surface area contributed by atoms with Crippen molar-refractivity contribution in [3.05, 3.63) is 29.3 Å². The number of β-amino-alcohol motifs (C(OH)–C–C–N with tert-alkyl or cyclic N) is 1. The van der Waals surface area contributed by atoms with E-state index in [1.54, 1.807) is 0 Å². The predicted octanol–water partition coefficient (Wildman–Crippen LogP) is 1.75. The standard InChI is InChI=1S/C14H21ClN2O2.ClH/c15-13-2-1-3-14(12-13)19-11-9-17-6-4-16(5-7-17)8-10-18;/h1-3,12,18H,4-11H2;1H. The number of ether oxygens (including phenoxy) is 1. The van der Waals surface area contributed by atoms with Gasteiger partial charge in [-0.25, -0.2) is 0 Å². The Morgan fingerprint density at radius 2 is 1.75 bits per heavy atom. The van der Waals surface area contributed by atoms with Crippen LogP contribution in [0.1, 0.15) is 0 Å². The Morgan fingerprint density at radius 3 is 2.35 bits per heavy atom. The van der Waals surface area contributed by atoms with Crippen LogP contribution in [-0.2, 0) is 0 Å². The Kier molecular flexibility index (Phi) is 8.26. The van der Waals surface area contributed by atoms with E-state index in [0.29, 0.717) is 11.6 Å². The molecule has 1 N–H and O–H groups in total. The van der Waals surface area contributed by atoms with E-state index in [1.807, 2.05) is 24.3 Å². The molecule has 1 aliphatic rings. The molecule has 0 atom stereocenters. The topological polar surface area (TPSA) is 35.9 Å². The van der Waals surface area contributed by atoms with Crippen molar-refractivity contribution >= 4 is 24.0 Å². The second-order valence-corrected chi connectivity index (χ2v) is 5.15. The van der Waals surface area contributed by atoms with Crippen LogP contribution in [0.25, 0.3) is 0 Å². The van der Waals surface area contributed by atoms with Gasteiger partial charge in [-0.05, 0) is 18.2 Å². The van der Waals surface area contributed by atoms with Gasteiger partial charge in [0.25, 0.3) is 0 Å². The molecule has 0 bridgehead atoms. The number of aliphatic hydroxyl groups is 1. The van der Waals surface area contributed by atoms with Crippen molar-refractivity contribution in [2.45, 2.75) is 0 Å². The van der Waals surface area contributed by atoms with Crippen LogP contribution in [-0.4, -0.2) is 67.4 Å². The first-order chi connectivity index (χ1) is 9.28. The summed E-state index contributed by atoms with van der Waals surface area (Å²) in [4.78, 5) is 4.67. The Hall–Kier alpha value is -0.520. The lowest BCUT2D eigenvalue weighted by molar-refractivity contribution is 0.102. The fraction of sp³-hybridized carbons (Fsp3) is 0.571. The number of piperazine rings is 1. The van der Waals surface area contributed by atoms with Crippen LogP contribution in [0.3, 0.4) is 0 Å². The van der Waals surface area contributed by atoms with E-state index in [4.69, 9.17) is 21.4 Å². The van der Waals surface area contributed by atoms with Gasteiger partial charge in [0.05, 0.1) is 6.61 Å². The van der Waals surface area contributed by atoms with Crippen LogP contribution in [0.4, 0.5) is 0 Å². The number of hydrogen-bond donors (Lipinski definition) is 1. The smallest absolute Gasteiger partial charge is 0.120 e. The summed E-state index contributed by atoms with van der Waals surface area (Å²) in [6, 6.07) is 7.49. The molecule has 1 aromatic carbocycles. The summed E-state index contributed by atoms with van der Waals surface area (Å²) in [6.45, 7) is 6.78. The second-order valence-electron chi connectivity index (χ2n) is 4.71. The zero-order valence-electron chi connectivity index (χ0n) is 11.5. The van der Waals surface area contributed by atoms with Crippen LogP contribution in [0, 0.1) is 0 Å². The minimum atomic E-state index is 0. The number of hydrogen-bond acceptors (Lipinski definition) is 4. The van der Waals surface area contributed by atoms with Crippen molar-refractivity contribution in [2.24, 2.45) is 0 Å². The van der Waals surface area contributed by atoms with Gasteiger partial charge in [0.2, 0.25) is 0 Å². The lowest BCUT2D eigenvalue weighted by Gasteiger charge is -2.34. The Labute approximate surface area is 131 Å². The number of nitrogens with zero attached hydrogens (tertiary/aromatic N) is 2. The SMILES string of the molecule is Cl.OCCN1CCN(CCOc2cccc(Cl)c2)CC1. The maximum absolute atomic E-state index is 8.89. The molecule has 1 fully saturated rings. The maximum Gasteiger partial charge on any atom is 0.120 e. The minimum Gasteiger partial charge on any atom is -0.492 e. The van der Waals surface area contributed by atoms with Crippen LogP contribution in [0.2, 0.25) is 5.02 Å². The first kappa shape index (κ1) is 17.5. The quantitative estimate of drug-likeness (QED) is 0.866. The van der Waals surface area contributed by atoms with Gasteiger partial charge in [-0.3, -0.25) is 9.80 Å². The molecule has 6 heteroatoms. The molecule has 0 aromatic heterocycles. The van der Waals surface area contributed by atoms with Gasteiger partial charge in [-0.1, -0.05) is 17.7 Å². The van der Waals surface area contributed by atoms with E-state index in [-0.39, 0.29) is 19.0 Å². The molecule has 1 heterocycles. The highest BCUT2D eigenvalue weighted by atomic mass is 35.5. The number of aliphatic hydroxyl groups excluding tert-OH is 1. The molecule has 0 radical (unpaired) electrons. The fourth-order valence-corrected chi connectivity index (χ4v) is 2.41. The Morgan fingerprint density at radius 1 is 1.10 bits per heavy atom. The highest BCUT2D eigenvalue weighted by Gasteiger charge is 2.15. The maximum atomic E-state index is 8.89. The van der Waals surface area contributed by atoms with Crippen LogP contribution >= 0.6 is 24.0 Å². The Bertz CT molecular complexity index is 385. The molecule has 0 unspecified atom stereocenters. The van der Waals surface area contributed by atoms with Gasteiger partial charge < -0.3 is 9.84 Å². The lowest BCUT2D eigenvalue weighted by Crippen LogP contribution is -2.48. The third-order valence-electron chi connectivity index (χ3n) is 3.35. The molecule has 0 spiro atoms. The zero-order valence-corrected chi connectivity index (χ0v) is 13.1. The number of rotatable bonds is 6. The fourth-order valence-electron chi connectivity index (χ4n) is 2.23. The molecule has 0 aliphatic carbocycles. The third kappa shape index (κ3) is 5.85. The highest BCUT2D eigenvalue weighted by molar-refractivity contribution is 6.30. The molecule has 2 rings (SSSR count). The summed E-state index contributed by atoms with van der Waals surface area (Å²) in [5, 5.41) is 9.59. The summed E-state index contributed by atoms with van der Waals surface area (Å²) < 4.78 is 5.68. The molecule has 0 saturated carbocycles. The van der Waals surface area contributed by atoms with Crippen molar-refractivity contribution in [2.75, 3.05) is 52.5 Å². The van der Waals surface area contributed by atoms with E-state index < -0.39 is 0 Å². The van der Waals surface area contributed by atoms with E-state index in [1.165, 1.54) is 0 Å². The van der Waals surface area contributed by atoms with Gasteiger partial charge in [-0.2, -0.15) is 0 Å². The largest absolute Gasteiger partial charge is 0.492 e. The molecule has 1 aliphatic heterocycles. The molecular weight excluding hydrogens is 299 g/mol. The van der Waals surface area contributed by atoms with Crippen molar-refractivity contribution in [3.63, 3.8) is 0 Å². The normalized spacial score (nSPS) is 16.7. The first-order valence-electron chi connectivity index (χ1n) is 6.72. The summed E-state index contributed by atoms with van der Waals surface area (Å²) >= 11 is 5.90. The van der Waals surface area contributed by atoms with Crippen molar-refractivity contribution in [1.29, 1.82) is 0 Å². The van der Waals surface area contributed by atoms with Gasteiger partial charge in [0.15, 0.2) is 0 Å². The summed E-state index contributed by atoms with van der Waals surface area (Å²) in [7, 11) is 0.